The molecule has 0 atom stereocenters. The Balaban J connectivity index is 1.41. The van der Waals surface area contributed by atoms with Gasteiger partial charge in [0.2, 0.25) is 0 Å². The molecule has 0 aliphatic carbocycles. The molecule has 0 amide bonds. The summed E-state index contributed by atoms with van der Waals surface area (Å²) >= 11 is 1.38. The van der Waals surface area contributed by atoms with Crippen LogP contribution in [-0.4, -0.2) is 9.38 Å². The average molecular weight is 409 g/mol. The predicted octanol–water partition coefficient (Wildman–Crippen LogP) is 3.91. The minimum absolute atomic E-state index is 0.0582. The third-order valence-electron chi connectivity index (χ3n) is 4.86. The van der Waals surface area contributed by atoms with Gasteiger partial charge in [0.15, 0.2) is 4.96 Å². The number of nitrogens with zero attached hydrogens (tertiary/aromatic N) is 3. The summed E-state index contributed by atoms with van der Waals surface area (Å²) in [7, 11) is 0. The molecule has 0 aliphatic heterocycles. The molecule has 3 aromatic carbocycles. The van der Waals surface area contributed by atoms with Crippen LogP contribution in [0.3, 0.4) is 0 Å². The Kier molecular flexibility index (Phi) is 4.51. The fourth-order valence-corrected chi connectivity index (χ4v) is 4.33. The highest BCUT2D eigenvalue weighted by atomic mass is 32.1. The molecule has 2 aromatic heterocycles. The third kappa shape index (κ3) is 3.21. The maximum absolute atomic E-state index is 12.8. The number of thiazole rings is 1. The van der Waals surface area contributed by atoms with E-state index in [0.717, 1.165) is 22.2 Å². The van der Waals surface area contributed by atoms with E-state index in [1.807, 2.05) is 72.8 Å². The van der Waals surface area contributed by atoms with Crippen LogP contribution in [0.1, 0.15) is 16.7 Å². The van der Waals surface area contributed by atoms with Crippen LogP contribution in [0.25, 0.3) is 22.1 Å². The van der Waals surface area contributed by atoms with Crippen molar-refractivity contribution in [1.29, 1.82) is 5.26 Å². The maximum Gasteiger partial charge on any atom is 0.274 e. The van der Waals surface area contributed by atoms with Crippen molar-refractivity contribution in [3.8, 4) is 11.8 Å². The largest absolute Gasteiger partial charge is 0.489 e. The smallest absolute Gasteiger partial charge is 0.274 e. The summed E-state index contributed by atoms with van der Waals surface area (Å²) < 4.78 is 8.11. The van der Waals surface area contributed by atoms with Gasteiger partial charge in [-0.1, -0.05) is 53.8 Å². The number of ether oxygens (including phenoxy) is 1. The van der Waals surface area contributed by atoms with Crippen molar-refractivity contribution < 1.29 is 4.74 Å². The van der Waals surface area contributed by atoms with Crippen molar-refractivity contribution in [1.82, 2.24) is 9.38 Å². The number of hydrogen-bond acceptors (Lipinski definition) is 5. The second-order valence-corrected chi connectivity index (χ2v) is 7.77. The topological polar surface area (TPSA) is 67.4 Å². The summed E-state index contributed by atoms with van der Waals surface area (Å²) in [6, 6.07) is 24.7. The van der Waals surface area contributed by atoms with E-state index in [1.165, 1.54) is 11.3 Å². The zero-order chi connectivity index (χ0) is 20.5. The van der Waals surface area contributed by atoms with E-state index in [4.69, 9.17) is 10.00 Å². The fraction of sp³-hybridized carbons (Fsp3) is 0.0417. The minimum Gasteiger partial charge on any atom is -0.489 e. The number of para-hydroxylation sites is 2. The van der Waals surface area contributed by atoms with Gasteiger partial charge in [-0.2, -0.15) is 5.26 Å². The van der Waals surface area contributed by atoms with E-state index in [0.29, 0.717) is 27.4 Å². The van der Waals surface area contributed by atoms with E-state index < -0.39 is 0 Å². The summed E-state index contributed by atoms with van der Waals surface area (Å²) in [5, 5.41) is 9.17. The monoisotopic (exact) mass is 409 g/mol. The molecule has 0 saturated heterocycles. The van der Waals surface area contributed by atoms with Gasteiger partial charge >= 0.3 is 0 Å². The Morgan fingerprint density at radius 3 is 2.63 bits per heavy atom. The Morgan fingerprint density at radius 1 is 1.03 bits per heavy atom. The molecule has 6 heteroatoms. The lowest BCUT2D eigenvalue weighted by Crippen LogP contribution is -2.22. The summed E-state index contributed by atoms with van der Waals surface area (Å²) in [5.74, 6) is 0.703. The first-order valence-electron chi connectivity index (χ1n) is 9.35. The second-order valence-electron chi connectivity index (χ2n) is 6.76. The normalized spacial score (nSPS) is 11.8. The van der Waals surface area contributed by atoms with Crippen molar-refractivity contribution >= 4 is 33.4 Å². The number of benzene rings is 3. The molecule has 0 aliphatic rings. The van der Waals surface area contributed by atoms with Crippen LogP contribution in [0, 0.1) is 11.3 Å². The predicted molar refractivity (Wildman–Crippen MR) is 118 cm³/mol. The van der Waals surface area contributed by atoms with Gasteiger partial charge in [0.1, 0.15) is 12.4 Å². The van der Waals surface area contributed by atoms with E-state index >= 15 is 0 Å². The van der Waals surface area contributed by atoms with Crippen LogP contribution in [0.15, 0.2) is 77.6 Å². The molecular formula is C24H15N3O2S. The molecule has 30 heavy (non-hydrogen) atoms. The lowest BCUT2D eigenvalue weighted by molar-refractivity contribution is 0.306. The molecule has 2 heterocycles. The second kappa shape index (κ2) is 7.47. The number of aromatic nitrogens is 2. The van der Waals surface area contributed by atoms with E-state index in [1.54, 1.807) is 10.5 Å². The van der Waals surface area contributed by atoms with Crippen molar-refractivity contribution in [2.24, 2.45) is 0 Å². The molecule has 0 spiro atoms. The molecule has 5 nitrogen and oxygen atoms in total. The average Bonchev–Trinajstić information content (AvgIpc) is 3.29. The number of nitriles is 1. The summed E-state index contributed by atoms with van der Waals surface area (Å²) in [4.78, 5) is 18.1. The van der Waals surface area contributed by atoms with Gasteiger partial charge < -0.3 is 4.74 Å². The van der Waals surface area contributed by atoms with Crippen LogP contribution >= 0.6 is 11.3 Å². The highest BCUT2D eigenvalue weighted by Crippen LogP contribution is 2.18. The van der Waals surface area contributed by atoms with Crippen molar-refractivity contribution in [2.45, 2.75) is 6.61 Å². The van der Waals surface area contributed by atoms with Gasteiger partial charge in [-0.3, -0.25) is 4.79 Å². The first-order valence-corrected chi connectivity index (χ1v) is 10.2. The standard InChI is InChI=1S/C24H15N3O2S/c25-14-17-5-1-2-6-18(17)15-29-19-11-9-16(10-12-19)13-22-23(28)27-21-8-4-3-7-20(21)26-24(27)30-22/h1-13H,15H2/b22-13-. The highest BCUT2D eigenvalue weighted by Gasteiger charge is 2.10. The van der Waals surface area contributed by atoms with Gasteiger partial charge in [-0.25, -0.2) is 9.38 Å². The van der Waals surface area contributed by atoms with Gasteiger partial charge in [0.05, 0.1) is 27.2 Å². The molecule has 0 saturated carbocycles. The Morgan fingerprint density at radius 2 is 1.80 bits per heavy atom. The molecule has 0 bridgehead atoms. The zero-order valence-electron chi connectivity index (χ0n) is 15.8. The minimum atomic E-state index is -0.0582. The molecular weight excluding hydrogens is 394 g/mol. The third-order valence-corrected chi connectivity index (χ3v) is 5.82. The van der Waals surface area contributed by atoms with Crippen molar-refractivity contribution in [2.75, 3.05) is 0 Å². The molecule has 0 unspecified atom stereocenters. The number of imidazole rings is 1. The van der Waals surface area contributed by atoms with Crippen LogP contribution in [0.5, 0.6) is 5.75 Å². The molecule has 0 radical (unpaired) electrons. The van der Waals surface area contributed by atoms with Crippen LogP contribution in [0.4, 0.5) is 0 Å². The van der Waals surface area contributed by atoms with Gasteiger partial charge in [0, 0.05) is 5.56 Å². The molecule has 5 rings (SSSR count). The van der Waals surface area contributed by atoms with Crippen LogP contribution < -0.4 is 14.8 Å². The number of hydrogen-bond donors (Lipinski definition) is 0. The maximum atomic E-state index is 12.8. The zero-order valence-corrected chi connectivity index (χ0v) is 16.6. The molecule has 0 fully saturated rings. The molecule has 144 valence electrons. The lowest BCUT2D eigenvalue weighted by Gasteiger charge is -2.07. The summed E-state index contributed by atoms with van der Waals surface area (Å²) in [5.41, 5.74) is 3.96. The molecule has 5 aromatic rings. The highest BCUT2D eigenvalue weighted by molar-refractivity contribution is 7.15. The SMILES string of the molecule is N#Cc1ccccc1COc1ccc(/C=c2\sc3nc4ccccc4n3c2=O)cc1. The summed E-state index contributed by atoms with van der Waals surface area (Å²) in [6.45, 7) is 0.326. The van der Waals surface area contributed by atoms with Crippen LogP contribution in [-0.2, 0) is 6.61 Å². The van der Waals surface area contributed by atoms with Crippen molar-refractivity contribution in [3.63, 3.8) is 0 Å². The Bertz CT molecular complexity index is 1530. The number of rotatable bonds is 4. The van der Waals surface area contributed by atoms with E-state index in [-0.39, 0.29) is 5.56 Å². The fourth-order valence-electron chi connectivity index (χ4n) is 3.34. The summed E-state index contributed by atoms with van der Waals surface area (Å²) in [6.07, 6.45) is 1.87. The van der Waals surface area contributed by atoms with Gasteiger partial charge in [0.25, 0.3) is 5.56 Å². The van der Waals surface area contributed by atoms with Crippen molar-refractivity contribution in [3.05, 3.63) is 104 Å². The van der Waals surface area contributed by atoms with E-state index in [2.05, 4.69) is 11.1 Å². The Labute approximate surface area is 175 Å². The van der Waals surface area contributed by atoms with Gasteiger partial charge in [-0.15, -0.1) is 0 Å². The van der Waals surface area contributed by atoms with Crippen LogP contribution in [0.2, 0.25) is 0 Å². The number of fused-ring (bicyclic) bond motifs is 3. The van der Waals surface area contributed by atoms with E-state index in [9.17, 15) is 4.79 Å². The quantitative estimate of drug-likeness (QED) is 0.451. The molecule has 0 N–H and O–H groups in total. The van der Waals surface area contributed by atoms with Gasteiger partial charge in [-0.05, 0) is 42.0 Å². The Hall–Kier alpha value is -3.95. The first-order chi connectivity index (χ1) is 14.7. The first kappa shape index (κ1) is 18.1. The lowest BCUT2D eigenvalue weighted by atomic mass is 10.1.